The summed E-state index contributed by atoms with van der Waals surface area (Å²) in [6.45, 7) is 1.47. The van der Waals surface area contributed by atoms with Gasteiger partial charge < -0.3 is 10.4 Å². The van der Waals surface area contributed by atoms with Crippen molar-refractivity contribution in [3.05, 3.63) is 0 Å². The summed E-state index contributed by atoms with van der Waals surface area (Å²) in [6, 6.07) is 0.392. The molecule has 2 fully saturated rings. The van der Waals surface area contributed by atoms with E-state index in [1.165, 1.54) is 38.5 Å². The summed E-state index contributed by atoms with van der Waals surface area (Å²) in [5.74, 6) is 1.68. The molecule has 0 saturated heterocycles. The first kappa shape index (κ1) is 9.47. The summed E-state index contributed by atoms with van der Waals surface area (Å²) in [6.07, 6.45) is 8.18. The van der Waals surface area contributed by atoms with Gasteiger partial charge >= 0.3 is 0 Å². The predicted octanol–water partition coefficient (Wildman–Crippen LogP) is 1.54. The van der Waals surface area contributed by atoms with Crippen LogP contribution in [-0.2, 0) is 0 Å². The summed E-state index contributed by atoms with van der Waals surface area (Å²) in [7, 11) is 0. The fourth-order valence-corrected chi connectivity index (χ4v) is 2.38. The molecule has 0 heterocycles. The molecule has 2 N–H and O–H groups in total. The van der Waals surface area contributed by atoms with Crippen LogP contribution < -0.4 is 5.32 Å². The minimum Gasteiger partial charge on any atom is -0.395 e. The van der Waals surface area contributed by atoms with Gasteiger partial charge in [-0.1, -0.05) is 12.8 Å². The van der Waals surface area contributed by atoms with Crippen molar-refractivity contribution in [2.45, 2.75) is 44.6 Å². The van der Waals surface area contributed by atoms with E-state index >= 15 is 0 Å². The molecular weight excluding hydrogens is 162 g/mol. The minimum atomic E-state index is 0.331. The lowest BCUT2D eigenvalue weighted by Crippen LogP contribution is -2.39. The van der Waals surface area contributed by atoms with Gasteiger partial charge in [0.25, 0.3) is 0 Å². The highest BCUT2D eigenvalue weighted by molar-refractivity contribution is 4.83. The van der Waals surface area contributed by atoms with Crippen LogP contribution >= 0.6 is 0 Å². The van der Waals surface area contributed by atoms with Crippen molar-refractivity contribution in [1.82, 2.24) is 5.32 Å². The maximum atomic E-state index is 9.26. The molecule has 2 saturated carbocycles. The highest BCUT2D eigenvalue weighted by Gasteiger charge is 2.27. The van der Waals surface area contributed by atoms with Crippen LogP contribution in [0.4, 0.5) is 0 Å². The van der Waals surface area contributed by atoms with Crippen LogP contribution in [0.5, 0.6) is 0 Å². The summed E-state index contributed by atoms with van der Waals surface area (Å²) < 4.78 is 0. The fraction of sp³-hybridized carbons (Fsp3) is 1.00. The second-order valence-electron chi connectivity index (χ2n) is 4.69. The number of hydrogen-bond acceptors (Lipinski definition) is 2. The van der Waals surface area contributed by atoms with E-state index in [2.05, 4.69) is 5.32 Å². The van der Waals surface area contributed by atoms with Gasteiger partial charge in [-0.2, -0.15) is 0 Å². The molecule has 1 atom stereocenters. The zero-order chi connectivity index (χ0) is 9.10. The van der Waals surface area contributed by atoms with Crippen molar-refractivity contribution in [2.24, 2.45) is 11.8 Å². The maximum absolute atomic E-state index is 9.26. The first-order valence-corrected chi connectivity index (χ1v) is 5.74. The van der Waals surface area contributed by atoms with E-state index < -0.39 is 0 Å². The Labute approximate surface area is 80.7 Å². The van der Waals surface area contributed by atoms with Gasteiger partial charge in [0.05, 0.1) is 6.61 Å². The summed E-state index contributed by atoms with van der Waals surface area (Å²) in [5.41, 5.74) is 0. The standard InChI is InChI=1S/C11H21NO/c13-8-11(10-3-1-2-4-10)12-7-9-5-6-9/h9-13H,1-8H2. The second kappa shape index (κ2) is 4.43. The number of aliphatic hydroxyl groups excluding tert-OH is 1. The van der Waals surface area contributed by atoms with Crippen molar-refractivity contribution >= 4 is 0 Å². The molecule has 13 heavy (non-hydrogen) atoms. The molecule has 0 radical (unpaired) electrons. The summed E-state index contributed by atoms with van der Waals surface area (Å²) >= 11 is 0. The van der Waals surface area contributed by atoms with Gasteiger partial charge in [0.1, 0.15) is 0 Å². The number of nitrogens with one attached hydrogen (secondary N) is 1. The molecule has 0 aromatic rings. The van der Waals surface area contributed by atoms with E-state index in [1.54, 1.807) is 0 Å². The van der Waals surface area contributed by atoms with Crippen LogP contribution in [-0.4, -0.2) is 24.3 Å². The van der Waals surface area contributed by atoms with Gasteiger partial charge in [-0.05, 0) is 44.1 Å². The van der Waals surface area contributed by atoms with Crippen molar-refractivity contribution in [3.63, 3.8) is 0 Å². The number of aliphatic hydroxyl groups is 1. The normalized spacial score (nSPS) is 26.5. The van der Waals surface area contributed by atoms with Crippen LogP contribution in [0.2, 0.25) is 0 Å². The summed E-state index contributed by atoms with van der Waals surface area (Å²) in [5, 5.41) is 12.8. The maximum Gasteiger partial charge on any atom is 0.0587 e. The van der Waals surface area contributed by atoms with E-state index in [0.717, 1.165) is 18.4 Å². The first-order valence-electron chi connectivity index (χ1n) is 5.74. The smallest absolute Gasteiger partial charge is 0.0587 e. The zero-order valence-corrected chi connectivity index (χ0v) is 8.34. The Balaban J connectivity index is 1.70. The van der Waals surface area contributed by atoms with Crippen LogP contribution in [0.3, 0.4) is 0 Å². The highest BCUT2D eigenvalue weighted by Crippen LogP contribution is 2.30. The third kappa shape index (κ3) is 2.68. The Morgan fingerprint density at radius 2 is 1.85 bits per heavy atom. The monoisotopic (exact) mass is 183 g/mol. The Morgan fingerprint density at radius 3 is 2.38 bits per heavy atom. The lowest BCUT2D eigenvalue weighted by molar-refractivity contribution is 0.198. The Kier molecular flexibility index (Phi) is 3.23. The van der Waals surface area contributed by atoms with Crippen LogP contribution in [0.1, 0.15) is 38.5 Å². The van der Waals surface area contributed by atoms with E-state index in [9.17, 15) is 5.11 Å². The van der Waals surface area contributed by atoms with E-state index in [0.29, 0.717) is 12.6 Å². The average molecular weight is 183 g/mol. The van der Waals surface area contributed by atoms with E-state index in [1.807, 2.05) is 0 Å². The molecular formula is C11H21NO. The predicted molar refractivity (Wildman–Crippen MR) is 53.6 cm³/mol. The topological polar surface area (TPSA) is 32.3 Å². The third-order valence-corrected chi connectivity index (χ3v) is 3.53. The van der Waals surface area contributed by atoms with Gasteiger partial charge in [-0.3, -0.25) is 0 Å². The van der Waals surface area contributed by atoms with Gasteiger partial charge in [0.15, 0.2) is 0 Å². The van der Waals surface area contributed by atoms with Gasteiger partial charge in [-0.15, -0.1) is 0 Å². The molecule has 2 aliphatic rings. The molecule has 2 nitrogen and oxygen atoms in total. The largest absolute Gasteiger partial charge is 0.395 e. The molecule has 0 bridgehead atoms. The molecule has 2 aliphatic carbocycles. The zero-order valence-electron chi connectivity index (χ0n) is 8.34. The van der Waals surface area contributed by atoms with Crippen LogP contribution in [0.15, 0.2) is 0 Å². The quantitative estimate of drug-likeness (QED) is 0.677. The molecule has 0 amide bonds. The van der Waals surface area contributed by atoms with E-state index in [-0.39, 0.29) is 0 Å². The third-order valence-electron chi connectivity index (χ3n) is 3.53. The lowest BCUT2D eigenvalue weighted by Gasteiger charge is -2.22. The molecule has 0 aromatic carbocycles. The van der Waals surface area contributed by atoms with Crippen molar-refractivity contribution in [3.8, 4) is 0 Å². The molecule has 2 rings (SSSR count). The van der Waals surface area contributed by atoms with Gasteiger partial charge in [0.2, 0.25) is 0 Å². The van der Waals surface area contributed by atoms with Crippen molar-refractivity contribution < 1.29 is 5.11 Å². The van der Waals surface area contributed by atoms with Crippen LogP contribution in [0.25, 0.3) is 0 Å². The molecule has 2 heteroatoms. The Morgan fingerprint density at radius 1 is 1.15 bits per heavy atom. The fourth-order valence-electron chi connectivity index (χ4n) is 2.38. The average Bonchev–Trinajstić information content (AvgIpc) is 2.81. The van der Waals surface area contributed by atoms with E-state index in [4.69, 9.17) is 0 Å². The van der Waals surface area contributed by atoms with Crippen LogP contribution in [0, 0.1) is 11.8 Å². The second-order valence-corrected chi connectivity index (χ2v) is 4.69. The lowest BCUT2D eigenvalue weighted by atomic mass is 9.99. The van der Waals surface area contributed by atoms with Crippen molar-refractivity contribution in [1.29, 1.82) is 0 Å². The highest BCUT2D eigenvalue weighted by atomic mass is 16.3. The van der Waals surface area contributed by atoms with Gasteiger partial charge in [0, 0.05) is 6.04 Å². The van der Waals surface area contributed by atoms with Gasteiger partial charge in [-0.25, -0.2) is 0 Å². The number of hydrogen-bond donors (Lipinski definition) is 2. The molecule has 76 valence electrons. The molecule has 0 aromatic heterocycles. The van der Waals surface area contributed by atoms with Crippen molar-refractivity contribution in [2.75, 3.05) is 13.2 Å². The first-order chi connectivity index (χ1) is 6.40. The number of rotatable bonds is 5. The molecule has 1 unspecified atom stereocenters. The molecule has 0 aliphatic heterocycles. The molecule has 0 spiro atoms. The minimum absolute atomic E-state index is 0.331. The Hall–Kier alpha value is -0.0800. The summed E-state index contributed by atoms with van der Waals surface area (Å²) in [4.78, 5) is 0. The Bertz CT molecular complexity index is 150. The SMILES string of the molecule is OCC(NCC1CC1)C1CCCC1.